The molecule has 0 radical (unpaired) electrons. The van der Waals surface area contributed by atoms with E-state index in [-0.39, 0.29) is 16.4 Å². The van der Waals surface area contributed by atoms with E-state index in [4.69, 9.17) is 9.47 Å². The van der Waals surface area contributed by atoms with E-state index in [0.717, 1.165) is 12.2 Å². The summed E-state index contributed by atoms with van der Waals surface area (Å²) in [4.78, 5) is 0.259. The zero-order valence-corrected chi connectivity index (χ0v) is 18.8. The third-order valence-electron chi connectivity index (χ3n) is 5.14. The lowest BCUT2D eigenvalue weighted by Crippen LogP contribution is -2.26. The number of epoxide rings is 1. The van der Waals surface area contributed by atoms with Crippen molar-refractivity contribution in [1.82, 2.24) is 0 Å². The molecule has 1 atom stereocenters. The summed E-state index contributed by atoms with van der Waals surface area (Å²) in [5.74, 6) is 0.680. The highest BCUT2D eigenvalue weighted by molar-refractivity contribution is 7.93. The number of rotatable bonds is 7. The van der Waals surface area contributed by atoms with Crippen molar-refractivity contribution in [3.63, 3.8) is 0 Å². The van der Waals surface area contributed by atoms with E-state index in [2.05, 4.69) is 20.8 Å². The second-order valence-corrected chi connectivity index (χ2v) is 10.4. The fourth-order valence-electron chi connectivity index (χ4n) is 3.25. The van der Waals surface area contributed by atoms with Crippen LogP contribution in [-0.4, -0.2) is 27.7 Å². The lowest BCUT2D eigenvalue weighted by Gasteiger charge is -2.26. The molecular weight excluding hydrogens is 410 g/mol. The number of benzene rings is 3. The van der Waals surface area contributed by atoms with Crippen LogP contribution >= 0.6 is 0 Å². The molecule has 6 heteroatoms. The molecule has 5 nitrogen and oxygen atoms in total. The van der Waals surface area contributed by atoms with Crippen LogP contribution in [0.2, 0.25) is 0 Å². The van der Waals surface area contributed by atoms with E-state index in [1.165, 1.54) is 4.31 Å². The van der Waals surface area contributed by atoms with Crippen molar-refractivity contribution < 1.29 is 17.9 Å². The van der Waals surface area contributed by atoms with Gasteiger partial charge >= 0.3 is 0 Å². The first-order valence-corrected chi connectivity index (χ1v) is 11.7. The summed E-state index contributed by atoms with van der Waals surface area (Å²) < 4.78 is 39.8. The van der Waals surface area contributed by atoms with Crippen LogP contribution in [0.1, 0.15) is 26.3 Å². The van der Waals surface area contributed by atoms with Crippen LogP contribution in [0.15, 0.2) is 83.8 Å². The molecule has 0 saturated carbocycles. The summed E-state index contributed by atoms with van der Waals surface area (Å²) >= 11 is 0. The van der Waals surface area contributed by atoms with Crippen molar-refractivity contribution in [2.45, 2.75) is 37.2 Å². The molecule has 31 heavy (non-hydrogen) atoms. The minimum atomic E-state index is -3.85. The topological polar surface area (TPSA) is 59.1 Å². The summed E-state index contributed by atoms with van der Waals surface area (Å²) in [6.07, 6.45) is 0.163. The quantitative estimate of drug-likeness (QED) is 0.471. The molecule has 1 saturated heterocycles. The fourth-order valence-corrected chi connectivity index (χ4v) is 4.79. The third kappa shape index (κ3) is 4.92. The van der Waals surface area contributed by atoms with Gasteiger partial charge in [0, 0.05) is 0 Å². The molecule has 0 bridgehead atoms. The van der Waals surface area contributed by atoms with E-state index in [1.54, 1.807) is 54.6 Å². The maximum Gasteiger partial charge on any atom is 0.268 e. The Hall–Kier alpha value is -2.83. The number of hydrogen-bond acceptors (Lipinski definition) is 4. The van der Waals surface area contributed by atoms with Gasteiger partial charge in [-0.1, -0.05) is 51.1 Å². The molecule has 0 aliphatic carbocycles. The summed E-state index contributed by atoms with van der Waals surface area (Å²) in [6.45, 7) is 7.43. The predicted molar refractivity (Wildman–Crippen MR) is 123 cm³/mol. The molecule has 0 N–H and O–H groups in total. The van der Waals surface area contributed by atoms with Gasteiger partial charge in [0.15, 0.2) is 0 Å². The van der Waals surface area contributed by atoms with Crippen LogP contribution in [0.25, 0.3) is 0 Å². The van der Waals surface area contributed by atoms with Gasteiger partial charge in [-0.3, -0.25) is 0 Å². The fraction of sp³-hybridized carbons (Fsp3) is 0.280. The Morgan fingerprint density at radius 3 is 2.19 bits per heavy atom. The smallest absolute Gasteiger partial charge is 0.268 e. The van der Waals surface area contributed by atoms with Crippen molar-refractivity contribution in [3.8, 4) is 5.75 Å². The van der Waals surface area contributed by atoms with Crippen molar-refractivity contribution >= 4 is 21.4 Å². The number of anilines is 2. The maximum absolute atomic E-state index is 13.8. The molecule has 1 unspecified atom stereocenters. The Balaban J connectivity index is 1.73. The van der Waals surface area contributed by atoms with Gasteiger partial charge < -0.3 is 9.47 Å². The first-order valence-electron chi connectivity index (χ1n) is 10.3. The van der Waals surface area contributed by atoms with Crippen LogP contribution in [0.5, 0.6) is 5.75 Å². The van der Waals surface area contributed by atoms with Gasteiger partial charge in [0.1, 0.15) is 18.5 Å². The Kier molecular flexibility index (Phi) is 5.77. The van der Waals surface area contributed by atoms with E-state index < -0.39 is 10.0 Å². The molecule has 0 amide bonds. The molecule has 1 fully saturated rings. The SMILES string of the molecule is CC(C)(C)c1cccc(S(=O)(=O)N(c2ccccc2)c2ccc(OCC3CO3)cc2)c1. The van der Waals surface area contributed by atoms with E-state index in [0.29, 0.717) is 23.7 Å². The van der Waals surface area contributed by atoms with Gasteiger partial charge in [-0.05, 0) is 59.5 Å². The number of nitrogens with zero attached hydrogens (tertiary/aromatic N) is 1. The molecule has 3 aromatic carbocycles. The van der Waals surface area contributed by atoms with Crippen molar-refractivity contribution in [1.29, 1.82) is 0 Å². The normalized spacial score (nSPS) is 16.0. The zero-order valence-electron chi connectivity index (χ0n) is 18.0. The molecule has 1 aliphatic heterocycles. The van der Waals surface area contributed by atoms with Crippen LogP contribution in [0.3, 0.4) is 0 Å². The largest absolute Gasteiger partial charge is 0.491 e. The van der Waals surface area contributed by atoms with Crippen LogP contribution < -0.4 is 9.04 Å². The lowest BCUT2D eigenvalue weighted by atomic mass is 9.87. The summed E-state index contributed by atoms with van der Waals surface area (Å²) in [5.41, 5.74) is 1.92. The zero-order chi connectivity index (χ0) is 22.1. The van der Waals surface area contributed by atoms with E-state index in [9.17, 15) is 8.42 Å². The van der Waals surface area contributed by atoms with Gasteiger partial charge in [0.2, 0.25) is 0 Å². The highest BCUT2D eigenvalue weighted by Gasteiger charge is 2.28. The third-order valence-corrected chi connectivity index (χ3v) is 6.89. The lowest BCUT2D eigenvalue weighted by molar-refractivity contribution is 0.263. The van der Waals surface area contributed by atoms with Gasteiger partial charge in [-0.2, -0.15) is 0 Å². The number of para-hydroxylation sites is 1. The molecule has 162 valence electrons. The Bertz CT molecular complexity index is 1130. The standard InChI is InChI=1S/C25H27NO4S/c1-25(2,3)19-8-7-11-24(16-19)31(27,28)26(20-9-5-4-6-10-20)21-12-14-22(15-13-21)29-17-23-18-30-23/h4-16,23H,17-18H2,1-3H3. The van der Waals surface area contributed by atoms with Crippen LogP contribution in [-0.2, 0) is 20.2 Å². The molecule has 0 aromatic heterocycles. The molecule has 3 aromatic rings. The number of ether oxygens (including phenoxy) is 2. The van der Waals surface area contributed by atoms with Crippen molar-refractivity contribution in [2.75, 3.05) is 17.5 Å². The summed E-state index contributed by atoms with van der Waals surface area (Å²) in [5, 5.41) is 0. The second kappa shape index (κ2) is 8.36. The number of sulfonamides is 1. The Morgan fingerprint density at radius 2 is 1.58 bits per heavy atom. The molecule has 4 rings (SSSR count). The van der Waals surface area contributed by atoms with E-state index >= 15 is 0 Å². The first-order chi connectivity index (χ1) is 14.7. The minimum absolute atomic E-state index is 0.159. The molecule has 0 spiro atoms. The van der Waals surface area contributed by atoms with Gasteiger partial charge in [0.25, 0.3) is 10.0 Å². The average Bonchev–Trinajstić information content (AvgIpc) is 3.58. The Morgan fingerprint density at radius 1 is 0.935 bits per heavy atom. The first kappa shape index (κ1) is 21.4. The van der Waals surface area contributed by atoms with Gasteiger partial charge in [-0.15, -0.1) is 0 Å². The minimum Gasteiger partial charge on any atom is -0.491 e. The highest BCUT2D eigenvalue weighted by Crippen LogP contribution is 2.34. The molecular formula is C25H27NO4S. The monoisotopic (exact) mass is 437 g/mol. The average molecular weight is 438 g/mol. The van der Waals surface area contributed by atoms with Gasteiger partial charge in [-0.25, -0.2) is 12.7 Å². The van der Waals surface area contributed by atoms with Crippen molar-refractivity contribution in [3.05, 3.63) is 84.4 Å². The summed E-state index contributed by atoms with van der Waals surface area (Å²) in [6, 6.07) is 23.4. The highest BCUT2D eigenvalue weighted by atomic mass is 32.2. The molecule has 1 heterocycles. The maximum atomic E-state index is 13.8. The second-order valence-electron chi connectivity index (χ2n) is 8.64. The van der Waals surface area contributed by atoms with Gasteiger partial charge in [0.05, 0.1) is 22.9 Å². The molecule has 1 aliphatic rings. The van der Waals surface area contributed by atoms with E-state index in [1.807, 2.05) is 24.3 Å². The Labute approximate surface area is 184 Å². The van der Waals surface area contributed by atoms with Crippen molar-refractivity contribution in [2.24, 2.45) is 0 Å². The number of hydrogen-bond donors (Lipinski definition) is 0. The summed E-state index contributed by atoms with van der Waals surface area (Å²) in [7, 11) is -3.85. The van der Waals surface area contributed by atoms with Crippen LogP contribution in [0, 0.1) is 0 Å². The van der Waals surface area contributed by atoms with Crippen LogP contribution in [0.4, 0.5) is 11.4 Å². The predicted octanol–water partition coefficient (Wildman–Crippen LogP) is 5.29.